The molecule has 0 saturated heterocycles. The minimum absolute atomic E-state index is 0.783. The molecule has 0 atom stereocenters. The van der Waals surface area contributed by atoms with Gasteiger partial charge in [0.1, 0.15) is 0 Å². The Kier molecular flexibility index (Phi) is 4.52. The molecule has 2 aromatic carbocycles. The highest BCUT2D eigenvalue weighted by atomic mass is 14.9. The number of anilines is 2. The highest BCUT2D eigenvalue weighted by molar-refractivity contribution is 5.65. The molecule has 1 aliphatic carbocycles. The van der Waals surface area contributed by atoms with E-state index in [-0.39, 0.29) is 0 Å². The van der Waals surface area contributed by atoms with Crippen molar-refractivity contribution < 1.29 is 0 Å². The lowest BCUT2D eigenvalue weighted by molar-refractivity contribution is 0.443. The average Bonchev–Trinajstić information content (AvgIpc) is 2.54. The van der Waals surface area contributed by atoms with E-state index >= 15 is 0 Å². The van der Waals surface area contributed by atoms with Crippen LogP contribution in [0.2, 0.25) is 0 Å². The third-order valence-electron chi connectivity index (χ3n) is 5.11. The molecule has 0 amide bonds. The highest BCUT2D eigenvalue weighted by Gasteiger charge is 2.15. The van der Waals surface area contributed by atoms with E-state index in [0.29, 0.717) is 0 Å². The van der Waals surface area contributed by atoms with E-state index in [2.05, 4.69) is 62.5 Å². The van der Waals surface area contributed by atoms with Crippen LogP contribution in [0.3, 0.4) is 0 Å². The van der Waals surface area contributed by atoms with Crippen LogP contribution in [0, 0.1) is 20.8 Å². The zero-order chi connectivity index (χ0) is 15.5. The summed E-state index contributed by atoms with van der Waals surface area (Å²) in [7, 11) is 0. The molecule has 22 heavy (non-hydrogen) atoms. The van der Waals surface area contributed by atoms with Crippen LogP contribution in [0.15, 0.2) is 36.4 Å². The van der Waals surface area contributed by atoms with Gasteiger partial charge in [0.15, 0.2) is 0 Å². The van der Waals surface area contributed by atoms with Crippen molar-refractivity contribution in [1.29, 1.82) is 0 Å². The van der Waals surface area contributed by atoms with Crippen LogP contribution in [-0.2, 0) is 0 Å². The normalized spacial score (nSPS) is 15.8. The van der Waals surface area contributed by atoms with Crippen LogP contribution in [0.5, 0.6) is 0 Å². The maximum Gasteiger partial charge on any atom is 0.0416 e. The van der Waals surface area contributed by atoms with Gasteiger partial charge in [-0.3, -0.25) is 0 Å². The van der Waals surface area contributed by atoms with Crippen molar-refractivity contribution in [3.05, 3.63) is 58.7 Å². The second-order valence-corrected chi connectivity index (χ2v) is 6.83. The fourth-order valence-electron chi connectivity index (χ4n) is 3.53. The quantitative estimate of drug-likeness (QED) is 0.690. The van der Waals surface area contributed by atoms with E-state index in [4.69, 9.17) is 0 Å². The van der Waals surface area contributed by atoms with Crippen LogP contribution in [0.4, 0.5) is 11.4 Å². The molecule has 1 fully saturated rings. The highest BCUT2D eigenvalue weighted by Crippen LogP contribution is 2.33. The van der Waals surface area contributed by atoms with Gasteiger partial charge >= 0.3 is 0 Å². The van der Waals surface area contributed by atoms with Crippen molar-refractivity contribution in [2.75, 3.05) is 5.32 Å². The summed E-state index contributed by atoms with van der Waals surface area (Å²) in [6.07, 6.45) is 6.94. The minimum atomic E-state index is 0.783. The molecule has 0 aromatic heterocycles. The second-order valence-electron chi connectivity index (χ2n) is 6.83. The Labute approximate surface area is 134 Å². The van der Waals surface area contributed by atoms with E-state index in [9.17, 15) is 0 Å². The number of rotatable bonds is 3. The van der Waals surface area contributed by atoms with Gasteiger partial charge in [-0.15, -0.1) is 0 Å². The van der Waals surface area contributed by atoms with Gasteiger partial charge in [0, 0.05) is 11.4 Å². The van der Waals surface area contributed by atoms with E-state index in [0.717, 1.165) is 5.92 Å². The van der Waals surface area contributed by atoms with Crippen molar-refractivity contribution in [2.45, 2.75) is 58.8 Å². The molecule has 0 radical (unpaired) electrons. The van der Waals surface area contributed by atoms with E-state index in [1.807, 2.05) is 0 Å². The monoisotopic (exact) mass is 293 g/mol. The van der Waals surface area contributed by atoms with E-state index in [1.54, 1.807) is 0 Å². The van der Waals surface area contributed by atoms with Gasteiger partial charge in [-0.2, -0.15) is 0 Å². The fraction of sp³-hybridized carbons (Fsp3) is 0.429. The lowest BCUT2D eigenvalue weighted by Crippen LogP contribution is -2.04. The summed E-state index contributed by atoms with van der Waals surface area (Å²) < 4.78 is 0. The van der Waals surface area contributed by atoms with Crippen LogP contribution in [0.25, 0.3) is 0 Å². The molecule has 0 heterocycles. The molecule has 0 spiro atoms. The summed E-state index contributed by atoms with van der Waals surface area (Å²) in [5, 5.41) is 3.57. The summed E-state index contributed by atoms with van der Waals surface area (Å²) in [6, 6.07) is 13.6. The predicted octanol–water partition coefficient (Wildman–Crippen LogP) is 6.40. The predicted molar refractivity (Wildman–Crippen MR) is 96.2 cm³/mol. The summed E-state index contributed by atoms with van der Waals surface area (Å²) in [6.45, 7) is 6.52. The smallest absolute Gasteiger partial charge is 0.0416 e. The lowest BCUT2D eigenvalue weighted by Gasteiger charge is -2.22. The van der Waals surface area contributed by atoms with Gasteiger partial charge in [0.05, 0.1) is 0 Å². The van der Waals surface area contributed by atoms with Gasteiger partial charge in [-0.1, -0.05) is 37.5 Å². The van der Waals surface area contributed by atoms with Gasteiger partial charge in [-0.05, 0) is 80.0 Å². The zero-order valence-electron chi connectivity index (χ0n) is 14.1. The number of nitrogens with one attached hydrogen (secondary N) is 1. The Morgan fingerprint density at radius 2 is 1.41 bits per heavy atom. The maximum absolute atomic E-state index is 3.57. The van der Waals surface area contributed by atoms with Crippen LogP contribution < -0.4 is 5.32 Å². The van der Waals surface area contributed by atoms with Gasteiger partial charge in [-0.25, -0.2) is 0 Å². The second kappa shape index (κ2) is 6.56. The Balaban J connectivity index is 1.74. The van der Waals surface area contributed by atoms with Crippen LogP contribution in [-0.4, -0.2) is 0 Å². The standard InChI is InChI=1S/C21H27N/c1-15-13-17(3)21(14-16(15)2)22-20-11-9-19(10-12-20)18-7-5-4-6-8-18/h9-14,18,22H,4-8H2,1-3H3. The minimum Gasteiger partial charge on any atom is -0.355 e. The average molecular weight is 293 g/mol. The molecule has 116 valence electrons. The Morgan fingerprint density at radius 1 is 0.773 bits per heavy atom. The third kappa shape index (κ3) is 3.35. The number of hydrogen-bond donors (Lipinski definition) is 1. The number of aryl methyl sites for hydroxylation is 3. The molecule has 0 unspecified atom stereocenters. The van der Waals surface area contributed by atoms with Crippen molar-refractivity contribution >= 4 is 11.4 Å². The van der Waals surface area contributed by atoms with Gasteiger partial charge in [0.25, 0.3) is 0 Å². The summed E-state index contributed by atoms with van der Waals surface area (Å²) in [5.74, 6) is 0.783. The molecular formula is C21H27N. The molecular weight excluding hydrogens is 266 g/mol. The van der Waals surface area contributed by atoms with E-state index in [1.165, 1.54) is 65.7 Å². The van der Waals surface area contributed by atoms with Gasteiger partial charge in [0.2, 0.25) is 0 Å². The van der Waals surface area contributed by atoms with Gasteiger partial charge < -0.3 is 5.32 Å². The lowest BCUT2D eigenvalue weighted by atomic mass is 9.84. The molecule has 1 saturated carbocycles. The number of benzene rings is 2. The molecule has 1 nitrogen and oxygen atoms in total. The molecule has 1 heteroatoms. The Morgan fingerprint density at radius 3 is 2.09 bits per heavy atom. The van der Waals surface area contributed by atoms with Crippen molar-refractivity contribution in [2.24, 2.45) is 0 Å². The Bertz CT molecular complexity index is 634. The van der Waals surface area contributed by atoms with Crippen molar-refractivity contribution in [1.82, 2.24) is 0 Å². The SMILES string of the molecule is Cc1cc(C)c(Nc2ccc(C3CCCCC3)cc2)cc1C. The molecule has 3 rings (SSSR count). The first-order valence-electron chi connectivity index (χ1n) is 8.58. The molecule has 0 aliphatic heterocycles. The topological polar surface area (TPSA) is 12.0 Å². The summed E-state index contributed by atoms with van der Waals surface area (Å²) >= 11 is 0. The summed E-state index contributed by atoms with van der Waals surface area (Å²) in [4.78, 5) is 0. The Hall–Kier alpha value is -1.76. The first-order valence-corrected chi connectivity index (χ1v) is 8.58. The van der Waals surface area contributed by atoms with Crippen LogP contribution >= 0.6 is 0 Å². The third-order valence-corrected chi connectivity index (χ3v) is 5.11. The largest absolute Gasteiger partial charge is 0.355 e. The fourth-order valence-corrected chi connectivity index (χ4v) is 3.53. The van der Waals surface area contributed by atoms with Crippen molar-refractivity contribution in [3.63, 3.8) is 0 Å². The molecule has 1 N–H and O–H groups in total. The number of hydrogen-bond acceptors (Lipinski definition) is 1. The molecule has 1 aliphatic rings. The first-order chi connectivity index (χ1) is 10.6. The van der Waals surface area contributed by atoms with Crippen LogP contribution in [0.1, 0.15) is 60.3 Å². The molecule has 2 aromatic rings. The summed E-state index contributed by atoms with van der Waals surface area (Å²) in [5.41, 5.74) is 7.92. The zero-order valence-corrected chi connectivity index (χ0v) is 14.1. The maximum atomic E-state index is 3.57. The van der Waals surface area contributed by atoms with E-state index < -0.39 is 0 Å². The van der Waals surface area contributed by atoms with Crippen molar-refractivity contribution in [3.8, 4) is 0 Å². The molecule has 0 bridgehead atoms. The first kappa shape index (κ1) is 15.1.